The van der Waals surface area contributed by atoms with E-state index in [1.807, 2.05) is 0 Å². The molecule has 0 unspecified atom stereocenters. The number of aromatic amines is 1. The van der Waals surface area contributed by atoms with Crippen molar-refractivity contribution in [3.63, 3.8) is 0 Å². The van der Waals surface area contributed by atoms with E-state index in [2.05, 4.69) is 42.2 Å². The Morgan fingerprint density at radius 1 is 1.10 bits per heavy atom. The summed E-state index contributed by atoms with van der Waals surface area (Å²) in [5, 5.41) is 2.40. The second kappa shape index (κ2) is 5.61. The van der Waals surface area contributed by atoms with E-state index in [9.17, 15) is 18.0 Å². The van der Waals surface area contributed by atoms with Gasteiger partial charge in [0.1, 0.15) is 5.69 Å². The molecule has 0 spiro atoms. The zero-order valence-corrected chi connectivity index (χ0v) is 12.9. The number of carbonyl (C=O) groups excluding carboxylic acids is 1. The molecule has 0 atom stereocenters. The molecule has 0 saturated heterocycles. The number of hydrogen-bond acceptors (Lipinski definition) is 1. The van der Waals surface area contributed by atoms with Gasteiger partial charge in [-0.3, -0.25) is 4.79 Å². The van der Waals surface area contributed by atoms with Gasteiger partial charge in [0, 0.05) is 20.8 Å². The maximum atomic E-state index is 12.7. The third kappa shape index (κ3) is 3.63. The summed E-state index contributed by atoms with van der Waals surface area (Å²) in [5.41, 5.74) is -0.539. The summed E-state index contributed by atoms with van der Waals surface area (Å²) in [6.07, 6.45) is -2.92. The molecule has 0 fully saturated rings. The highest BCUT2D eigenvalue weighted by Crippen LogP contribution is 2.33. The van der Waals surface area contributed by atoms with Crippen molar-refractivity contribution in [1.29, 1.82) is 0 Å². The van der Waals surface area contributed by atoms with Crippen LogP contribution in [0, 0.1) is 0 Å². The van der Waals surface area contributed by atoms with Crippen LogP contribution in [-0.2, 0) is 6.18 Å². The molecule has 106 valence electrons. The first-order chi connectivity index (χ1) is 9.25. The molecule has 1 aromatic heterocycles. The Morgan fingerprint density at radius 2 is 1.80 bits per heavy atom. The quantitative estimate of drug-likeness (QED) is 0.731. The van der Waals surface area contributed by atoms with E-state index < -0.39 is 17.6 Å². The fourth-order valence-electron chi connectivity index (χ4n) is 1.52. The lowest BCUT2D eigenvalue weighted by Crippen LogP contribution is -2.13. The van der Waals surface area contributed by atoms with Gasteiger partial charge < -0.3 is 10.3 Å². The summed E-state index contributed by atoms with van der Waals surface area (Å²) in [6, 6.07) is 4.74. The van der Waals surface area contributed by atoms with Crippen LogP contribution in [0.15, 0.2) is 39.4 Å². The van der Waals surface area contributed by atoms with Crippen LogP contribution in [0.3, 0.4) is 0 Å². The van der Waals surface area contributed by atoms with E-state index in [1.165, 1.54) is 12.1 Å². The van der Waals surface area contributed by atoms with Gasteiger partial charge in [0.25, 0.3) is 5.91 Å². The molecule has 0 aliphatic rings. The van der Waals surface area contributed by atoms with Crippen molar-refractivity contribution in [3.8, 4) is 0 Å². The van der Waals surface area contributed by atoms with Crippen LogP contribution >= 0.6 is 31.9 Å². The number of nitrogens with one attached hydrogen (secondary N) is 2. The zero-order chi connectivity index (χ0) is 14.9. The first kappa shape index (κ1) is 15.1. The van der Waals surface area contributed by atoms with Crippen LogP contribution < -0.4 is 5.32 Å². The molecule has 0 aliphatic heterocycles. The maximum absolute atomic E-state index is 12.7. The van der Waals surface area contributed by atoms with Crippen molar-refractivity contribution >= 4 is 43.5 Å². The Balaban J connectivity index is 2.25. The van der Waals surface area contributed by atoms with Gasteiger partial charge >= 0.3 is 6.18 Å². The Labute approximate surface area is 128 Å². The predicted octanol–water partition coefficient (Wildman–Crippen LogP) is 4.81. The van der Waals surface area contributed by atoms with Crippen molar-refractivity contribution in [3.05, 3.63) is 50.7 Å². The Morgan fingerprint density at radius 3 is 2.35 bits per heavy atom. The van der Waals surface area contributed by atoms with E-state index in [1.54, 1.807) is 6.20 Å². The van der Waals surface area contributed by atoms with E-state index in [-0.39, 0.29) is 15.9 Å². The zero-order valence-electron chi connectivity index (χ0n) is 9.68. The van der Waals surface area contributed by atoms with Crippen molar-refractivity contribution in [1.82, 2.24) is 4.98 Å². The third-order valence-corrected chi connectivity index (χ3v) is 3.29. The number of H-pyrrole nitrogens is 1. The number of benzene rings is 1. The van der Waals surface area contributed by atoms with Crippen LogP contribution in [0.4, 0.5) is 18.9 Å². The highest BCUT2D eigenvalue weighted by molar-refractivity contribution is 9.10. The standard InChI is InChI=1S/C12H7Br2F3N2O/c13-7-1-6(12(15,16)17)2-9(3-7)19-11(20)10-4-8(14)5-18-10/h1-5,18H,(H,19,20). The highest BCUT2D eigenvalue weighted by atomic mass is 79.9. The normalized spacial score (nSPS) is 11.4. The lowest BCUT2D eigenvalue weighted by molar-refractivity contribution is -0.137. The van der Waals surface area contributed by atoms with E-state index >= 15 is 0 Å². The maximum Gasteiger partial charge on any atom is 0.416 e. The molecular formula is C12H7Br2F3N2O. The smallest absolute Gasteiger partial charge is 0.356 e. The fraction of sp³-hybridized carbons (Fsp3) is 0.0833. The molecule has 0 radical (unpaired) electrons. The van der Waals surface area contributed by atoms with Gasteiger partial charge in [0.2, 0.25) is 0 Å². The number of alkyl halides is 3. The van der Waals surface area contributed by atoms with Crippen LogP contribution in [0.1, 0.15) is 16.1 Å². The van der Waals surface area contributed by atoms with Gasteiger partial charge in [0.05, 0.1) is 5.56 Å². The summed E-state index contributed by atoms with van der Waals surface area (Å²) in [5.74, 6) is -0.526. The van der Waals surface area contributed by atoms with E-state index in [0.29, 0.717) is 4.47 Å². The van der Waals surface area contributed by atoms with Crippen LogP contribution in [0.5, 0.6) is 0 Å². The number of amides is 1. The molecule has 1 heterocycles. The first-order valence-electron chi connectivity index (χ1n) is 5.29. The van der Waals surface area contributed by atoms with Crippen molar-refractivity contribution < 1.29 is 18.0 Å². The lowest BCUT2D eigenvalue weighted by Gasteiger charge is -2.10. The largest absolute Gasteiger partial charge is 0.416 e. The summed E-state index contributed by atoms with van der Waals surface area (Å²) in [6.45, 7) is 0. The minimum atomic E-state index is -4.47. The Kier molecular flexibility index (Phi) is 4.24. The molecule has 2 rings (SSSR count). The second-order valence-electron chi connectivity index (χ2n) is 3.91. The number of rotatable bonds is 2. The molecule has 3 nitrogen and oxygen atoms in total. The fourth-order valence-corrected chi connectivity index (χ4v) is 2.36. The molecule has 0 saturated carbocycles. The number of aromatic nitrogens is 1. The van der Waals surface area contributed by atoms with E-state index in [0.717, 1.165) is 12.1 Å². The number of halogens is 5. The average Bonchev–Trinajstić information content (AvgIpc) is 2.74. The molecule has 1 aromatic carbocycles. The van der Waals surface area contributed by atoms with E-state index in [4.69, 9.17) is 0 Å². The molecule has 8 heteroatoms. The van der Waals surface area contributed by atoms with Gasteiger partial charge in [-0.1, -0.05) is 15.9 Å². The van der Waals surface area contributed by atoms with Crippen LogP contribution in [0.2, 0.25) is 0 Å². The SMILES string of the molecule is O=C(Nc1cc(Br)cc(C(F)(F)F)c1)c1cc(Br)c[nH]1. The van der Waals surface area contributed by atoms with Crippen LogP contribution in [0.25, 0.3) is 0 Å². The molecule has 0 bridgehead atoms. The summed E-state index contributed by atoms with van der Waals surface area (Å²) in [4.78, 5) is 14.5. The molecular weight excluding hydrogens is 405 g/mol. The Bertz CT molecular complexity index is 652. The van der Waals surface area contributed by atoms with Crippen molar-refractivity contribution in [2.24, 2.45) is 0 Å². The average molecular weight is 412 g/mol. The molecule has 2 N–H and O–H groups in total. The first-order valence-corrected chi connectivity index (χ1v) is 6.87. The summed E-state index contributed by atoms with van der Waals surface area (Å²) in [7, 11) is 0. The molecule has 2 aromatic rings. The number of anilines is 1. The topological polar surface area (TPSA) is 44.9 Å². The van der Waals surface area contributed by atoms with Crippen molar-refractivity contribution in [2.75, 3.05) is 5.32 Å². The van der Waals surface area contributed by atoms with Gasteiger partial charge in [-0.05, 0) is 40.2 Å². The molecule has 0 aliphatic carbocycles. The summed E-state index contributed by atoms with van der Waals surface area (Å²) < 4.78 is 38.9. The van der Waals surface area contributed by atoms with Crippen LogP contribution in [-0.4, -0.2) is 10.9 Å². The predicted molar refractivity (Wildman–Crippen MR) is 75.6 cm³/mol. The number of hydrogen-bond donors (Lipinski definition) is 2. The van der Waals surface area contributed by atoms with Gasteiger partial charge in [-0.25, -0.2) is 0 Å². The monoisotopic (exact) mass is 410 g/mol. The second-order valence-corrected chi connectivity index (χ2v) is 5.74. The van der Waals surface area contributed by atoms with Gasteiger partial charge in [-0.15, -0.1) is 0 Å². The van der Waals surface area contributed by atoms with Gasteiger partial charge in [0.15, 0.2) is 0 Å². The molecule has 1 amide bonds. The highest BCUT2D eigenvalue weighted by Gasteiger charge is 2.31. The summed E-state index contributed by atoms with van der Waals surface area (Å²) >= 11 is 6.16. The minimum Gasteiger partial charge on any atom is -0.356 e. The third-order valence-electron chi connectivity index (χ3n) is 2.38. The minimum absolute atomic E-state index is 0.0578. The Hall–Kier alpha value is -1.28. The van der Waals surface area contributed by atoms with Crippen molar-refractivity contribution in [2.45, 2.75) is 6.18 Å². The van der Waals surface area contributed by atoms with Gasteiger partial charge in [-0.2, -0.15) is 13.2 Å². The number of carbonyl (C=O) groups is 1. The lowest BCUT2D eigenvalue weighted by atomic mass is 10.2. The molecule has 20 heavy (non-hydrogen) atoms.